The fourth-order valence-electron chi connectivity index (χ4n) is 3.40. The summed E-state index contributed by atoms with van der Waals surface area (Å²) in [6.45, 7) is 1.21. The van der Waals surface area contributed by atoms with E-state index in [4.69, 9.17) is 5.11 Å². The Balaban J connectivity index is 1.69. The molecule has 22 heavy (non-hydrogen) atoms. The first kappa shape index (κ1) is 15.1. The summed E-state index contributed by atoms with van der Waals surface area (Å²) < 4.78 is 0. The summed E-state index contributed by atoms with van der Waals surface area (Å²) >= 11 is 0. The second-order valence-corrected chi connectivity index (χ2v) is 6.51. The number of carbonyl (C=O) groups is 2. The molecule has 1 unspecified atom stereocenters. The van der Waals surface area contributed by atoms with Crippen molar-refractivity contribution in [1.82, 2.24) is 4.90 Å². The molecule has 0 bridgehead atoms. The van der Waals surface area contributed by atoms with Crippen molar-refractivity contribution < 1.29 is 14.7 Å². The molecule has 1 heterocycles. The monoisotopic (exact) mass is 301 g/mol. The fraction of sp³-hybridized carbons (Fsp3) is 0.556. The van der Waals surface area contributed by atoms with E-state index in [1.807, 2.05) is 23.1 Å². The normalized spacial score (nSPS) is 22.7. The lowest BCUT2D eigenvalue weighted by atomic mass is 9.79. The van der Waals surface area contributed by atoms with Gasteiger partial charge in [-0.05, 0) is 55.7 Å². The molecule has 1 aliphatic heterocycles. The first-order valence-corrected chi connectivity index (χ1v) is 8.27. The smallest absolute Gasteiger partial charge is 0.306 e. The van der Waals surface area contributed by atoms with Crippen LogP contribution in [0.25, 0.3) is 0 Å². The van der Waals surface area contributed by atoms with Gasteiger partial charge in [0.05, 0.1) is 5.92 Å². The van der Waals surface area contributed by atoms with E-state index in [9.17, 15) is 9.59 Å². The number of hydrogen-bond acceptors (Lipinski definition) is 2. The Labute approximate surface area is 131 Å². The van der Waals surface area contributed by atoms with Crippen LogP contribution in [-0.4, -0.2) is 35.0 Å². The third-order valence-corrected chi connectivity index (χ3v) is 5.07. The summed E-state index contributed by atoms with van der Waals surface area (Å²) in [5.74, 6) is -0.374. The van der Waals surface area contributed by atoms with Crippen LogP contribution in [0, 0.1) is 5.92 Å². The van der Waals surface area contributed by atoms with Gasteiger partial charge in [0.15, 0.2) is 0 Å². The largest absolute Gasteiger partial charge is 0.481 e. The van der Waals surface area contributed by atoms with Gasteiger partial charge in [0.1, 0.15) is 0 Å². The zero-order valence-electron chi connectivity index (χ0n) is 12.8. The highest BCUT2D eigenvalue weighted by atomic mass is 16.4. The molecular formula is C18H23NO3. The van der Waals surface area contributed by atoms with E-state index in [1.54, 1.807) is 0 Å². The van der Waals surface area contributed by atoms with Crippen molar-refractivity contribution >= 4 is 11.9 Å². The van der Waals surface area contributed by atoms with Crippen molar-refractivity contribution in [1.29, 1.82) is 0 Å². The Morgan fingerprint density at radius 1 is 1.05 bits per heavy atom. The van der Waals surface area contributed by atoms with E-state index in [0.29, 0.717) is 31.8 Å². The van der Waals surface area contributed by atoms with Crippen LogP contribution in [0.1, 0.15) is 60.4 Å². The number of nitrogens with zero attached hydrogens (tertiary/aromatic N) is 1. The van der Waals surface area contributed by atoms with Gasteiger partial charge in [-0.1, -0.05) is 18.6 Å². The molecule has 2 fully saturated rings. The highest BCUT2D eigenvalue weighted by Crippen LogP contribution is 2.36. The van der Waals surface area contributed by atoms with Gasteiger partial charge in [-0.15, -0.1) is 0 Å². The van der Waals surface area contributed by atoms with E-state index in [0.717, 1.165) is 12.0 Å². The number of rotatable bonds is 3. The summed E-state index contributed by atoms with van der Waals surface area (Å²) in [5.41, 5.74) is 2.02. The molecular weight excluding hydrogens is 278 g/mol. The molecule has 1 aromatic rings. The Morgan fingerprint density at radius 2 is 1.86 bits per heavy atom. The number of carboxylic acid groups (broad SMARTS) is 1. The van der Waals surface area contributed by atoms with Gasteiger partial charge in [-0.25, -0.2) is 0 Å². The van der Waals surface area contributed by atoms with E-state index in [1.165, 1.54) is 24.8 Å². The quantitative estimate of drug-likeness (QED) is 0.932. The second-order valence-electron chi connectivity index (χ2n) is 6.51. The summed E-state index contributed by atoms with van der Waals surface area (Å²) in [7, 11) is 0. The number of aliphatic carboxylic acids is 1. The molecule has 4 nitrogen and oxygen atoms in total. The number of likely N-dealkylation sites (tertiary alicyclic amines) is 1. The summed E-state index contributed by atoms with van der Waals surface area (Å²) in [5, 5.41) is 9.13. The number of carboxylic acids is 1. The molecule has 2 aliphatic rings. The highest BCUT2D eigenvalue weighted by molar-refractivity contribution is 5.94. The molecule has 1 atom stereocenters. The number of amides is 1. The second kappa shape index (κ2) is 6.51. The van der Waals surface area contributed by atoms with E-state index < -0.39 is 5.97 Å². The SMILES string of the molecule is O=C(O)C1CCCN(C(=O)c2cccc(C3CCC3)c2)CC1. The Bertz CT molecular complexity index is 565. The number of hydrogen-bond donors (Lipinski definition) is 1. The molecule has 1 N–H and O–H groups in total. The maximum atomic E-state index is 12.7. The Kier molecular flexibility index (Phi) is 4.46. The van der Waals surface area contributed by atoms with Gasteiger partial charge in [0.25, 0.3) is 5.91 Å². The standard InChI is InChI=1S/C18H23NO3/c20-17(19-10-3-8-14(9-11-19)18(21)22)16-7-2-6-15(12-16)13-4-1-5-13/h2,6-7,12-14H,1,3-5,8-11H2,(H,21,22). The molecule has 0 spiro atoms. The molecule has 1 amide bonds. The lowest BCUT2D eigenvalue weighted by Gasteiger charge is -2.26. The van der Waals surface area contributed by atoms with Crippen molar-refractivity contribution in [2.75, 3.05) is 13.1 Å². The Hall–Kier alpha value is -1.84. The molecule has 1 aromatic carbocycles. The minimum absolute atomic E-state index is 0.0483. The number of carbonyl (C=O) groups excluding carboxylic acids is 1. The van der Waals surface area contributed by atoms with Crippen molar-refractivity contribution in [3.05, 3.63) is 35.4 Å². The lowest BCUT2D eigenvalue weighted by molar-refractivity contribution is -0.142. The summed E-state index contributed by atoms with van der Waals surface area (Å²) in [6, 6.07) is 8.00. The molecule has 3 rings (SSSR count). The molecule has 0 aromatic heterocycles. The van der Waals surface area contributed by atoms with E-state index in [-0.39, 0.29) is 11.8 Å². The van der Waals surface area contributed by atoms with Gasteiger partial charge in [0.2, 0.25) is 0 Å². The van der Waals surface area contributed by atoms with Crippen molar-refractivity contribution in [3.8, 4) is 0 Å². The topological polar surface area (TPSA) is 57.6 Å². The first-order chi connectivity index (χ1) is 10.6. The van der Waals surface area contributed by atoms with Gasteiger partial charge in [0, 0.05) is 18.7 Å². The highest BCUT2D eigenvalue weighted by Gasteiger charge is 2.26. The molecule has 1 aliphatic carbocycles. The third-order valence-electron chi connectivity index (χ3n) is 5.07. The Morgan fingerprint density at radius 3 is 2.55 bits per heavy atom. The summed E-state index contributed by atoms with van der Waals surface area (Å²) in [6.07, 6.45) is 5.73. The van der Waals surface area contributed by atoms with Crippen molar-refractivity contribution in [2.45, 2.75) is 44.4 Å². The zero-order chi connectivity index (χ0) is 15.5. The van der Waals surface area contributed by atoms with Gasteiger partial charge >= 0.3 is 5.97 Å². The van der Waals surface area contributed by atoms with Crippen LogP contribution in [0.3, 0.4) is 0 Å². The van der Waals surface area contributed by atoms with Crippen LogP contribution >= 0.6 is 0 Å². The average Bonchev–Trinajstić information content (AvgIpc) is 2.71. The van der Waals surface area contributed by atoms with Crippen LogP contribution in [0.5, 0.6) is 0 Å². The number of benzene rings is 1. The van der Waals surface area contributed by atoms with Gasteiger partial charge in [-0.2, -0.15) is 0 Å². The van der Waals surface area contributed by atoms with Crippen LogP contribution in [0.15, 0.2) is 24.3 Å². The lowest BCUT2D eigenvalue weighted by Crippen LogP contribution is -2.32. The van der Waals surface area contributed by atoms with Crippen LogP contribution in [0.4, 0.5) is 0 Å². The molecule has 1 saturated carbocycles. The maximum Gasteiger partial charge on any atom is 0.306 e. The van der Waals surface area contributed by atoms with Crippen LogP contribution in [0.2, 0.25) is 0 Å². The molecule has 4 heteroatoms. The predicted molar refractivity (Wildman–Crippen MR) is 83.9 cm³/mol. The third kappa shape index (κ3) is 3.16. The molecule has 118 valence electrons. The van der Waals surface area contributed by atoms with Crippen molar-refractivity contribution in [2.24, 2.45) is 5.92 Å². The first-order valence-electron chi connectivity index (χ1n) is 8.27. The van der Waals surface area contributed by atoms with Crippen LogP contribution in [-0.2, 0) is 4.79 Å². The summed E-state index contributed by atoms with van der Waals surface area (Å²) in [4.78, 5) is 25.6. The van der Waals surface area contributed by atoms with Gasteiger partial charge in [-0.3, -0.25) is 9.59 Å². The maximum absolute atomic E-state index is 12.7. The predicted octanol–water partition coefficient (Wildman–Crippen LogP) is 3.28. The van der Waals surface area contributed by atoms with Gasteiger partial charge < -0.3 is 10.0 Å². The fourth-order valence-corrected chi connectivity index (χ4v) is 3.40. The van der Waals surface area contributed by atoms with E-state index >= 15 is 0 Å². The van der Waals surface area contributed by atoms with Crippen LogP contribution < -0.4 is 0 Å². The minimum Gasteiger partial charge on any atom is -0.481 e. The molecule has 0 radical (unpaired) electrons. The zero-order valence-corrected chi connectivity index (χ0v) is 12.8. The minimum atomic E-state index is -0.735. The van der Waals surface area contributed by atoms with E-state index in [2.05, 4.69) is 6.07 Å². The molecule has 1 saturated heterocycles. The average molecular weight is 301 g/mol. The van der Waals surface area contributed by atoms with Crippen molar-refractivity contribution in [3.63, 3.8) is 0 Å².